The first kappa shape index (κ1) is 31.7. The molecule has 0 saturated carbocycles. The number of hydrogen-bond acceptors (Lipinski definition) is 0. The van der Waals surface area contributed by atoms with Crippen molar-refractivity contribution >= 4 is 65.4 Å². The summed E-state index contributed by atoms with van der Waals surface area (Å²) >= 11 is 0. The van der Waals surface area contributed by atoms with E-state index in [4.69, 9.17) is 0 Å². The summed E-state index contributed by atoms with van der Waals surface area (Å²) in [5.41, 5.74) is 15.4. The summed E-state index contributed by atoms with van der Waals surface area (Å²) in [6, 6.07) is 77.3. The lowest BCUT2D eigenvalue weighted by atomic mass is 9.97. The van der Waals surface area contributed by atoms with Crippen LogP contribution in [0.5, 0.6) is 0 Å². The highest BCUT2D eigenvalue weighted by Gasteiger charge is 2.24. The maximum atomic E-state index is 2.50. The van der Waals surface area contributed by atoms with Gasteiger partial charge >= 0.3 is 0 Å². The average molecular weight is 726 g/mol. The topological polar surface area (TPSA) is 14.8 Å². The van der Waals surface area contributed by atoms with Gasteiger partial charge in [-0.25, -0.2) is 0 Å². The van der Waals surface area contributed by atoms with E-state index in [2.05, 4.69) is 226 Å². The van der Waals surface area contributed by atoms with Crippen molar-refractivity contribution in [3.63, 3.8) is 0 Å². The lowest BCUT2D eigenvalue weighted by molar-refractivity contribution is 1.17. The molecule has 3 heterocycles. The van der Waals surface area contributed by atoms with Crippen LogP contribution in [0.15, 0.2) is 212 Å². The van der Waals surface area contributed by atoms with Gasteiger partial charge in [-0.15, -0.1) is 0 Å². The first-order chi connectivity index (χ1) is 28.3. The van der Waals surface area contributed by atoms with Crippen molar-refractivity contribution in [1.82, 2.24) is 13.7 Å². The van der Waals surface area contributed by atoms with E-state index < -0.39 is 0 Å². The molecule has 0 amide bonds. The minimum absolute atomic E-state index is 1.14. The molecule has 0 spiro atoms. The van der Waals surface area contributed by atoms with Crippen molar-refractivity contribution in [3.05, 3.63) is 212 Å². The monoisotopic (exact) mass is 725 g/mol. The molecule has 3 aromatic heterocycles. The zero-order valence-corrected chi connectivity index (χ0v) is 31.0. The van der Waals surface area contributed by atoms with Gasteiger partial charge in [-0.1, -0.05) is 152 Å². The standard InChI is InChI=1S/C54H35N3/c1-4-18-36(19-5-1)39-27-17-33-48-51(39)44-29-16-28-41(54(44)56(48)38-22-8-3-9-23-38)40-24-10-13-30-45(40)57-47-32-15-12-26-43(47)53-50(57)35-34-49-52(53)42-25-11-14-31-46(42)55(49)37-20-6-2-7-21-37/h1-35H. The van der Waals surface area contributed by atoms with Crippen molar-refractivity contribution in [2.24, 2.45) is 0 Å². The third kappa shape index (κ3) is 4.60. The van der Waals surface area contributed by atoms with Gasteiger partial charge in [0.25, 0.3) is 0 Å². The van der Waals surface area contributed by atoms with Crippen LogP contribution in [-0.2, 0) is 0 Å². The van der Waals surface area contributed by atoms with Crippen molar-refractivity contribution in [2.75, 3.05) is 0 Å². The lowest BCUT2D eigenvalue weighted by Crippen LogP contribution is -1.99. The van der Waals surface area contributed by atoms with Crippen LogP contribution in [0.4, 0.5) is 0 Å². The molecule has 0 N–H and O–H groups in total. The summed E-state index contributed by atoms with van der Waals surface area (Å²) in [5, 5.41) is 7.54. The van der Waals surface area contributed by atoms with E-state index in [-0.39, 0.29) is 0 Å². The predicted molar refractivity (Wildman–Crippen MR) is 240 cm³/mol. The summed E-state index contributed by atoms with van der Waals surface area (Å²) in [4.78, 5) is 0. The maximum Gasteiger partial charge on any atom is 0.0620 e. The molecule has 0 unspecified atom stereocenters. The Hall–Kier alpha value is -7.62. The smallest absolute Gasteiger partial charge is 0.0620 e. The second-order valence-corrected chi connectivity index (χ2v) is 14.9. The number of para-hydroxylation sites is 6. The second kappa shape index (κ2) is 12.5. The molecule has 0 fully saturated rings. The van der Waals surface area contributed by atoms with Crippen LogP contribution in [-0.4, -0.2) is 13.7 Å². The van der Waals surface area contributed by atoms with Crippen LogP contribution in [0.25, 0.3) is 105 Å². The van der Waals surface area contributed by atoms with Crippen LogP contribution in [0, 0.1) is 0 Å². The fraction of sp³-hybridized carbons (Fsp3) is 0. The van der Waals surface area contributed by atoms with Gasteiger partial charge in [0, 0.05) is 54.8 Å². The number of benzene rings is 9. The van der Waals surface area contributed by atoms with E-state index in [1.165, 1.54) is 87.7 Å². The SMILES string of the molecule is c1ccc(-c2cccc3c2c2cccc(-c4ccccc4-n4c5ccccc5c5c6c7ccccc7n(-c7ccccc7)c6ccc54)c2n3-c2ccccc2)cc1. The van der Waals surface area contributed by atoms with E-state index >= 15 is 0 Å². The number of hydrogen-bond donors (Lipinski definition) is 0. The highest BCUT2D eigenvalue weighted by atomic mass is 15.0. The predicted octanol–water partition coefficient (Wildman–Crippen LogP) is 14.3. The Kier molecular flexibility index (Phi) is 6.93. The molecule has 0 aliphatic rings. The Labute approximate surface area is 329 Å². The largest absolute Gasteiger partial charge is 0.309 e. The van der Waals surface area contributed by atoms with Crippen LogP contribution in [0.2, 0.25) is 0 Å². The lowest BCUT2D eigenvalue weighted by Gasteiger charge is -2.17. The van der Waals surface area contributed by atoms with Gasteiger partial charge in [0.15, 0.2) is 0 Å². The molecule has 0 bridgehead atoms. The molecule has 57 heavy (non-hydrogen) atoms. The third-order valence-corrected chi connectivity index (χ3v) is 11.8. The summed E-state index contributed by atoms with van der Waals surface area (Å²) in [7, 11) is 0. The van der Waals surface area contributed by atoms with Crippen molar-refractivity contribution in [2.45, 2.75) is 0 Å². The van der Waals surface area contributed by atoms with E-state index in [0.717, 1.165) is 17.1 Å². The normalized spacial score (nSPS) is 11.9. The molecule has 3 nitrogen and oxygen atoms in total. The summed E-state index contributed by atoms with van der Waals surface area (Å²) in [6.45, 7) is 0. The van der Waals surface area contributed by atoms with Crippen molar-refractivity contribution in [1.29, 1.82) is 0 Å². The molecule has 0 aliphatic heterocycles. The summed E-state index contributed by atoms with van der Waals surface area (Å²) in [5.74, 6) is 0. The Morgan fingerprint density at radius 1 is 0.246 bits per heavy atom. The van der Waals surface area contributed by atoms with Crippen molar-refractivity contribution in [3.8, 4) is 39.3 Å². The molecule has 12 aromatic rings. The van der Waals surface area contributed by atoms with Gasteiger partial charge in [0.05, 0.1) is 38.8 Å². The zero-order chi connectivity index (χ0) is 37.5. The minimum atomic E-state index is 1.14. The van der Waals surface area contributed by atoms with Gasteiger partial charge in [-0.3, -0.25) is 0 Å². The van der Waals surface area contributed by atoms with E-state index in [1.807, 2.05) is 0 Å². The molecule has 12 rings (SSSR count). The van der Waals surface area contributed by atoms with Gasteiger partial charge in [0.1, 0.15) is 0 Å². The third-order valence-electron chi connectivity index (χ3n) is 11.8. The zero-order valence-electron chi connectivity index (χ0n) is 31.0. The molecule has 266 valence electrons. The van der Waals surface area contributed by atoms with E-state index in [9.17, 15) is 0 Å². The molecule has 3 heteroatoms. The Morgan fingerprint density at radius 2 is 0.702 bits per heavy atom. The van der Waals surface area contributed by atoms with Gasteiger partial charge in [-0.05, 0) is 71.8 Å². The molecular formula is C54H35N3. The molecule has 0 saturated heterocycles. The van der Waals surface area contributed by atoms with Crippen LogP contribution in [0.3, 0.4) is 0 Å². The van der Waals surface area contributed by atoms with Gasteiger partial charge in [-0.2, -0.15) is 0 Å². The highest BCUT2D eigenvalue weighted by molar-refractivity contribution is 6.29. The Balaban J connectivity index is 1.19. The Bertz CT molecular complexity index is 3500. The van der Waals surface area contributed by atoms with Crippen LogP contribution < -0.4 is 0 Å². The fourth-order valence-corrected chi connectivity index (χ4v) is 9.57. The molecule has 9 aromatic carbocycles. The maximum absolute atomic E-state index is 2.50. The molecule has 0 radical (unpaired) electrons. The molecule has 0 aliphatic carbocycles. The first-order valence-electron chi connectivity index (χ1n) is 19.6. The van der Waals surface area contributed by atoms with Crippen LogP contribution in [0.1, 0.15) is 0 Å². The number of nitrogens with zero attached hydrogens (tertiary/aromatic N) is 3. The minimum Gasteiger partial charge on any atom is -0.309 e. The summed E-state index contributed by atoms with van der Waals surface area (Å²) in [6.07, 6.45) is 0. The van der Waals surface area contributed by atoms with Gasteiger partial charge < -0.3 is 13.7 Å². The summed E-state index contributed by atoms with van der Waals surface area (Å²) < 4.78 is 7.38. The van der Waals surface area contributed by atoms with Gasteiger partial charge in [0.2, 0.25) is 0 Å². The number of rotatable bonds is 5. The van der Waals surface area contributed by atoms with Crippen LogP contribution >= 0.6 is 0 Å². The first-order valence-corrected chi connectivity index (χ1v) is 19.6. The number of aromatic nitrogens is 3. The highest BCUT2D eigenvalue weighted by Crippen LogP contribution is 2.46. The van der Waals surface area contributed by atoms with E-state index in [1.54, 1.807) is 0 Å². The Morgan fingerprint density at radius 3 is 1.40 bits per heavy atom. The fourth-order valence-electron chi connectivity index (χ4n) is 9.57. The van der Waals surface area contributed by atoms with E-state index in [0.29, 0.717) is 0 Å². The average Bonchev–Trinajstić information content (AvgIpc) is 3.93. The number of fused-ring (bicyclic) bond motifs is 10. The molecule has 0 atom stereocenters. The quantitative estimate of drug-likeness (QED) is 0.168. The second-order valence-electron chi connectivity index (χ2n) is 14.9. The molecular weight excluding hydrogens is 691 g/mol. The van der Waals surface area contributed by atoms with Crippen molar-refractivity contribution < 1.29 is 0 Å².